The molecule has 0 aromatic heterocycles. The molecule has 0 aliphatic heterocycles. The molecule has 0 rings (SSSR count). The fraction of sp³-hybridized carbons (Fsp3) is 0.697. The van der Waals surface area contributed by atoms with Gasteiger partial charge in [0.2, 0.25) is 5.91 Å². The van der Waals surface area contributed by atoms with Crippen molar-refractivity contribution in [2.24, 2.45) is 0 Å². The third-order valence-corrected chi connectivity index (χ3v) is 16.1. The summed E-state index contributed by atoms with van der Waals surface area (Å²) in [5.41, 5.74) is 0. The Hall–Kier alpha value is -3.36. The molecule has 0 saturated carbocycles. The molecule has 0 aliphatic rings. The van der Waals surface area contributed by atoms with E-state index >= 15 is 0 Å². The van der Waals surface area contributed by atoms with E-state index in [0.29, 0.717) is 17.4 Å². The summed E-state index contributed by atoms with van der Waals surface area (Å²) in [6, 6.07) is -0.878. The molecule has 8 nitrogen and oxygen atoms in total. The number of unbranched alkanes of at least 4 members (excludes halogenated alkanes) is 30. The van der Waals surface area contributed by atoms with Crippen LogP contribution in [0, 0.1) is 0 Å². The number of rotatable bonds is 63. The Kier molecular flexibility index (Phi) is 62.5. The van der Waals surface area contributed by atoms with Crippen LogP contribution in [0.3, 0.4) is 0 Å². The number of aliphatic hydroxyl groups is 1. The second-order valence-corrected chi connectivity index (χ2v) is 26.0. The first-order chi connectivity index (χ1) is 41.5. The summed E-state index contributed by atoms with van der Waals surface area (Å²) in [4.78, 5) is 23.4. The molecular weight excluding hydrogens is 1070 g/mol. The summed E-state index contributed by atoms with van der Waals surface area (Å²) in [5.74, 6) is -0.193. The van der Waals surface area contributed by atoms with Crippen LogP contribution in [0.5, 0.6) is 0 Å². The van der Waals surface area contributed by atoms with Gasteiger partial charge >= 0.3 is 7.82 Å². The summed E-state index contributed by atoms with van der Waals surface area (Å²) in [6.45, 7) is 4.68. The fourth-order valence-electron chi connectivity index (χ4n) is 9.68. The van der Waals surface area contributed by atoms with Crippen molar-refractivity contribution in [1.29, 1.82) is 0 Å². The molecule has 1 amide bonds. The molecule has 3 N–H and O–H groups in total. The number of nitrogens with one attached hydrogen (secondary N) is 1. The number of nitrogens with zero attached hydrogens (tertiary/aromatic N) is 1. The average Bonchev–Trinajstić information content (AvgIpc) is 3.48. The molecular formula is C76H134N2O6P+. The van der Waals surface area contributed by atoms with E-state index < -0.39 is 20.0 Å². The normalized spacial score (nSPS) is 14.5. The number of amides is 1. The van der Waals surface area contributed by atoms with Gasteiger partial charge in [-0.1, -0.05) is 308 Å². The predicted molar refractivity (Wildman–Crippen MR) is 373 cm³/mol. The van der Waals surface area contributed by atoms with Gasteiger partial charge in [0.25, 0.3) is 0 Å². The minimum atomic E-state index is -4.37. The lowest BCUT2D eigenvalue weighted by atomic mass is 10.0. The van der Waals surface area contributed by atoms with E-state index in [1.165, 1.54) is 173 Å². The van der Waals surface area contributed by atoms with Gasteiger partial charge in [-0.3, -0.25) is 13.8 Å². The van der Waals surface area contributed by atoms with E-state index in [9.17, 15) is 19.4 Å². The highest BCUT2D eigenvalue weighted by Crippen LogP contribution is 2.43. The third-order valence-electron chi connectivity index (χ3n) is 15.1. The van der Waals surface area contributed by atoms with Crippen LogP contribution in [0.15, 0.2) is 134 Å². The lowest BCUT2D eigenvalue weighted by molar-refractivity contribution is -0.870. The second kappa shape index (κ2) is 65.1. The smallest absolute Gasteiger partial charge is 0.387 e. The lowest BCUT2D eigenvalue weighted by Gasteiger charge is -2.25. The van der Waals surface area contributed by atoms with Crippen LogP contribution in [0.1, 0.15) is 290 Å². The first kappa shape index (κ1) is 81.6. The maximum absolute atomic E-state index is 13.0. The van der Waals surface area contributed by atoms with Crippen molar-refractivity contribution >= 4 is 13.7 Å². The van der Waals surface area contributed by atoms with Crippen molar-refractivity contribution in [1.82, 2.24) is 5.32 Å². The zero-order valence-electron chi connectivity index (χ0n) is 55.8. The van der Waals surface area contributed by atoms with E-state index in [-0.39, 0.29) is 19.1 Å². The molecule has 0 bridgehead atoms. The molecule has 0 heterocycles. The van der Waals surface area contributed by atoms with Gasteiger partial charge in [0, 0.05) is 6.42 Å². The van der Waals surface area contributed by atoms with Crippen LogP contribution in [0.25, 0.3) is 0 Å². The molecule has 85 heavy (non-hydrogen) atoms. The number of hydrogen-bond donors (Lipinski definition) is 3. The molecule has 0 aromatic rings. The Balaban J connectivity index is 4.08. The molecule has 0 saturated heterocycles. The molecule has 3 unspecified atom stereocenters. The summed E-state index contributed by atoms with van der Waals surface area (Å²) in [6.07, 6.45) is 98.8. The summed E-state index contributed by atoms with van der Waals surface area (Å²) in [5, 5.41) is 14.0. The highest BCUT2D eigenvalue weighted by molar-refractivity contribution is 7.47. The quantitative estimate of drug-likeness (QED) is 0.0243. The molecule has 3 atom stereocenters. The highest BCUT2D eigenvalue weighted by atomic mass is 31.2. The zero-order valence-corrected chi connectivity index (χ0v) is 56.7. The molecule has 0 aromatic carbocycles. The van der Waals surface area contributed by atoms with Gasteiger partial charge in [-0.2, -0.15) is 0 Å². The van der Waals surface area contributed by atoms with Crippen molar-refractivity contribution in [2.45, 2.75) is 302 Å². The molecule has 9 heteroatoms. The SMILES string of the molecule is CC/C=C\C/C=C\C/C=C\C/C=C\C/C=C\C/C=C\C/C=C\C/C=C\CCCCCCCCCCCCCCCCCCC(=O)NC(COP(=O)(O)OCC[N+](C)(C)C)C(O)/C=C/CC/C=C/CC/C=C/CCCCCCCCCCCCCC. The van der Waals surface area contributed by atoms with E-state index in [1.807, 2.05) is 27.2 Å². The highest BCUT2D eigenvalue weighted by Gasteiger charge is 2.28. The maximum atomic E-state index is 13.0. The Morgan fingerprint density at radius 3 is 1.08 bits per heavy atom. The Morgan fingerprint density at radius 1 is 0.412 bits per heavy atom. The number of quaternary nitrogens is 1. The number of aliphatic hydroxyl groups excluding tert-OH is 1. The van der Waals surface area contributed by atoms with Gasteiger partial charge in [0.1, 0.15) is 13.2 Å². The van der Waals surface area contributed by atoms with Crippen LogP contribution < -0.4 is 5.32 Å². The number of phosphoric acid groups is 1. The van der Waals surface area contributed by atoms with Gasteiger partial charge in [0.15, 0.2) is 0 Å². The molecule has 0 fully saturated rings. The van der Waals surface area contributed by atoms with Gasteiger partial charge < -0.3 is 19.8 Å². The van der Waals surface area contributed by atoms with E-state index in [4.69, 9.17) is 9.05 Å². The van der Waals surface area contributed by atoms with Crippen molar-refractivity contribution in [3.63, 3.8) is 0 Å². The standard InChI is InChI=1S/C76H133N2O6P/c1-6-8-10-12-14-16-18-20-22-24-26-28-30-31-32-33-34-35-36-37-38-39-40-41-42-43-44-45-46-47-48-50-52-54-56-58-60-62-64-66-68-70-76(80)77-74(73-84-85(81,82)83-72-71-78(3,4)5)75(79)69-67-65-63-61-59-57-55-53-51-49-29-27-25-23-21-19-17-15-13-11-9-7-2/h8,10,14,16,20,22,26,28,31-32,34-35,37-38,40-41,51,53,59,61,67,69,74-75,79H,6-7,9,11-13,15,17-19,21,23-25,27,29-30,33,36,39,42-50,52,54-58,60,62-66,68,70-73H2,1-5H3,(H-,77,80,81,82)/p+1/b10-8-,16-14-,22-20-,28-26-,32-31-,35-34-,38-37-,41-40-,53-51+,61-59+,69-67+. The monoisotopic (exact) mass is 1200 g/mol. The fourth-order valence-corrected chi connectivity index (χ4v) is 10.4. The van der Waals surface area contributed by atoms with Gasteiger partial charge in [0.05, 0.1) is 39.9 Å². The van der Waals surface area contributed by atoms with Crippen LogP contribution in [-0.2, 0) is 18.4 Å². The zero-order chi connectivity index (χ0) is 61.9. The lowest BCUT2D eigenvalue weighted by Crippen LogP contribution is -2.45. The van der Waals surface area contributed by atoms with E-state index in [1.54, 1.807) is 6.08 Å². The van der Waals surface area contributed by atoms with Crippen LogP contribution >= 0.6 is 7.82 Å². The Morgan fingerprint density at radius 2 is 0.718 bits per heavy atom. The third kappa shape index (κ3) is 68.0. The molecule has 488 valence electrons. The number of phosphoric ester groups is 1. The topological polar surface area (TPSA) is 105 Å². The maximum Gasteiger partial charge on any atom is 0.472 e. The molecule has 0 radical (unpaired) electrons. The molecule has 0 spiro atoms. The Bertz CT molecular complexity index is 1850. The van der Waals surface area contributed by atoms with Gasteiger partial charge in [-0.25, -0.2) is 4.57 Å². The average molecular weight is 1200 g/mol. The van der Waals surface area contributed by atoms with E-state index in [0.717, 1.165) is 96.3 Å². The Labute approximate surface area is 526 Å². The number of hydrogen-bond acceptors (Lipinski definition) is 5. The second-order valence-electron chi connectivity index (χ2n) is 24.5. The van der Waals surface area contributed by atoms with Crippen LogP contribution in [-0.4, -0.2) is 73.4 Å². The van der Waals surface area contributed by atoms with Crippen LogP contribution in [0.4, 0.5) is 0 Å². The number of allylic oxidation sites excluding steroid dienone is 21. The summed E-state index contributed by atoms with van der Waals surface area (Å²) >= 11 is 0. The minimum absolute atomic E-state index is 0.0493. The number of carbonyl (C=O) groups excluding carboxylic acids is 1. The van der Waals surface area contributed by atoms with Crippen molar-refractivity contribution < 1.29 is 32.9 Å². The van der Waals surface area contributed by atoms with Gasteiger partial charge in [-0.05, 0) is 109 Å². The largest absolute Gasteiger partial charge is 0.472 e. The van der Waals surface area contributed by atoms with Crippen molar-refractivity contribution in [2.75, 3.05) is 40.9 Å². The summed E-state index contributed by atoms with van der Waals surface area (Å²) < 4.78 is 23.8. The number of carbonyl (C=O) groups is 1. The first-order valence-corrected chi connectivity index (χ1v) is 36.6. The number of likely N-dealkylation sites (N-methyl/N-ethyl adjacent to an activating group) is 1. The van der Waals surface area contributed by atoms with Crippen molar-refractivity contribution in [3.05, 3.63) is 134 Å². The minimum Gasteiger partial charge on any atom is -0.387 e. The molecule has 0 aliphatic carbocycles. The van der Waals surface area contributed by atoms with E-state index in [2.05, 4.69) is 141 Å². The predicted octanol–water partition coefficient (Wildman–Crippen LogP) is 22.6. The van der Waals surface area contributed by atoms with Gasteiger partial charge in [-0.15, -0.1) is 0 Å². The van der Waals surface area contributed by atoms with Crippen LogP contribution in [0.2, 0.25) is 0 Å². The first-order valence-electron chi connectivity index (χ1n) is 35.1. The van der Waals surface area contributed by atoms with Crippen molar-refractivity contribution in [3.8, 4) is 0 Å². The summed E-state index contributed by atoms with van der Waals surface area (Å²) in [7, 11) is 1.54.